The largest absolute Gasteiger partial charge is 0.477 e. The van der Waals surface area contributed by atoms with Crippen LogP contribution in [0.5, 0.6) is 0 Å². The van der Waals surface area contributed by atoms with Crippen molar-refractivity contribution in [2.24, 2.45) is 0 Å². The van der Waals surface area contributed by atoms with E-state index in [0.29, 0.717) is 7.57 Å². The molecule has 19 heavy (non-hydrogen) atoms. The number of hydrogen-bond donors (Lipinski definition) is 2. The highest BCUT2D eigenvalue weighted by atomic mass is 79.9. The van der Waals surface area contributed by atoms with E-state index in [1.54, 1.807) is 0 Å². The minimum atomic E-state index is -3.82. The lowest BCUT2D eigenvalue weighted by atomic mass is 10.4. The van der Waals surface area contributed by atoms with Crippen LogP contribution in [-0.4, -0.2) is 19.5 Å². The third-order valence-corrected chi connectivity index (χ3v) is 7.04. The second-order valence-corrected chi connectivity index (χ2v) is 9.58. The summed E-state index contributed by atoms with van der Waals surface area (Å²) in [5.74, 6) is -1.17. The predicted octanol–water partition coefficient (Wildman–Crippen LogP) is 3.83. The van der Waals surface area contributed by atoms with Gasteiger partial charge in [-0.15, -0.1) is 22.7 Å². The fraction of sp³-hybridized carbons (Fsp3) is 0. The first-order valence-electron chi connectivity index (χ1n) is 4.59. The smallest absolute Gasteiger partial charge is 0.348 e. The summed E-state index contributed by atoms with van der Waals surface area (Å²) in [6, 6.07) is 2.87. The van der Waals surface area contributed by atoms with Crippen molar-refractivity contribution in [3.05, 3.63) is 30.0 Å². The van der Waals surface area contributed by atoms with E-state index in [9.17, 15) is 13.2 Å². The Balaban J connectivity index is 2.39. The standard InChI is InChI=1S/C9H5Br2NO4S3/c10-6-3-5(8(11)18-6)19(15,16)12-4-1-2-17-7(4)9(13)14/h1-3,12H,(H,13,14). The molecule has 0 spiro atoms. The molecular formula is C9H5Br2NO4S3. The zero-order valence-corrected chi connectivity index (χ0v) is 14.5. The second-order valence-electron chi connectivity index (χ2n) is 3.26. The molecule has 0 aliphatic heterocycles. The highest BCUT2D eigenvalue weighted by Crippen LogP contribution is 2.36. The van der Waals surface area contributed by atoms with Gasteiger partial charge >= 0.3 is 5.97 Å². The maximum absolute atomic E-state index is 12.2. The van der Waals surface area contributed by atoms with Crippen LogP contribution >= 0.6 is 54.5 Å². The number of carboxylic acids is 1. The van der Waals surface area contributed by atoms with Gasteiger partial charge in [0.15, 0.2) is 0 Å². The van der Waals surface area contributed by atoms with Crippen molar-refractivity contribution in [1.82, 2.24) is 0 Å². The lowest BCUT2D eigenvalue weighted by Gasteiger charge is -2.06. The van der Waals surface area contributed by atoms with Crippen molar-refractivity contribution >= 4 is 76.2 Å². The van der Waals surface area contributed by atoms with E-state index in [2.05, 4.69) is 36.6 Å². The summed E-state index contributed by atoms with van der Waals surface area (Å²) in [6.07, 6.45) is 0. The van der Waals surface area contributed by atoms with Gasteiger partial charge in [0, 0.05) is 0 Å². The Hall–Kier alpha value is -0.420. The van der Waals surface area contributed by atoms with Crippen molar-refractivity contribution in [2.75, 3.05) is 4.72 Å². The van der Waals surface area contributed by atoms with E-state index in [1.165, 1.54) is 28.8 Å². The number of hydrogen-bond acceptors (Lipinski definition) is 5. The second kappa shape index (κ2) is 5.52. The molecule has 0 saturated carbocycles. The van der Waals surface area contributed by atoms with E-state index in [-0.39, 0.29) is 15.5 Å². The van der Waals surface area contributed by atoms with Crippen molar-refractivity contribution in [3.8, 4) is 0 Å². The van der Waals surface area contributed by atoms with Gasteiger partial charge in [-0.05, 0) is 49.4 Å². The first kappa shape index (κ1) is 15.0. The number of sulfonamides is 1. The van der Waals surface area contributed by atoms with Gasteiger partial charge in [-0.25, -0.2) is 13.2 Å². The van der Waals surface area contributed by atoms with E-state index >= 15 is 0 Å². The van der Waals surface area contributed by atoms with E-state index < -0.39 is 16.0 Å². The molecule has 0 fully saturated rings. The average Bonchev–Trinajstić information content (AvgIpc) is 2.84. The van der Waals surface area contributed by atoms with Gasteiger partial charge in [-0.1, -0.05) is 0 Å². The molecule has 0 bridgehead atoms. The molecule has 0 radical (unpaired) electrons. The molecule has 2 aromatic heterocycles. The number of rotatable bonds is 4. The summed E-state index contributed by atoms with van der Waals surface area (Å²) in [5.41, 5.74) is 0.0618. The number of thiophene rings is 2. The number of anilines is 1. The van der Waals surface area contributed by atoms with Gasteiger partial charge in [-0.2, -0.15) is 0 Å². The number of carboxylic acid groups (broad SMARTS) is 1. The molecule has 5 nitrogen and oxygen atoms in total. The van der Waals surface area contributed by atoms with Crippen LogP contribution in [0.25, 0.3) is 0 Å². The molecule has 0 atom stereocenters. The molecule has 2 aromatic rings. The first-order valence-corrected chi connectivity index (χ1v) is 9.36. The number of aromatic carboxylic acids is 1. The van der Waals surface area contributed by atoms with Crippen molar-refractivity contribution in [1.29, 1.82) is 0 Å². The highest BCUT2D eigenvalue weighted by molar-refractivity contribution is 9.12. The molecule has 2 N–H and O–H groups in total. The monoisotopic (exact) mass is 445 g/mol. The Morgan fingerprint density at radius 3 is 2.58 bits per heavy atom. The van der Waals surface area contributed by atoms with Gasteiger partial charge in [-0.3, -0.25) is 4.72 Å². The lowest BCUT2D eigenvalue weighted by molar-refractivity contribution is 0.0703. The molecule has 102 valence electrons. The van der Waals surface area contributed by atoms with Gasteiger partial charge in [0.05, 0.1) is 13.3 Å². The topological polar surface area (TPSA) is 83.5 Å². The van der Waals surface area contributed by atoms with Crippen LogP contribution in [0.2, 0.25) is 0 Å². The molecular weight excluding hydrogens is 442 g/mol. The van der Waals surface area contributed by atoms with E-state index in [0.717, 1.165) is 11.3 Å². The molecule has 0 saturated heterocycles. The zero-order chi connectivity index (χ0) is 14.2. The maximum Gasteiger partial charge on any atom is 0.348 e. The third-order valence-electron chi connectivity index (χ3n) is 2.02. The molecule has 0 aliphatic rings. The van der Waals surface area contributed by atoms with Crippen LogP contribution in [0.4, 0.5) is 5.69 Å². The first-order chi connectivity index (χ1) is 8.81. The molecule has 0 aliphatic carbocycles. The molecule has 10 heteroatoms. The number of carbonyl (C=O) groups is 1. The normalized spacial score (nSPS) is 11.5. The highest BCUT2D eigenvalue weighted by Gasteiger charge is 2.23. The van der Waals surface area contributed by atoms with Crippen LogP contribution < -0.4 is 4.72 Å². The summed E-state index contributed by atoms with van der Waals surface area (Å²) in [4.78, 5) is 11.0. The minimum Gasteiger partial charge on any atom is -0.477 e. The van der Waals surface area contributed by atoms with Crippen LogP contribution in [0.15, 0.2) is 30.0 Å². The Morgan fingerprint density at radius 1 is 1.37 bits per heavy atom. The third kappa shape index (κ3) is 3.19. The Labute approximate surface area is 133 Å². The molecule has 0 unspecified atom stereocenters. The summed E-state index contributed by atoms with van der Waals surface area (Å²) in [5, 5.41) is 10.5. The van der Waals surface area contributed by atoms with Gasteiger partial charge in [0.1, 0.15) is 9.77 Å². The molecule has 2 heterocycles. The van der Waals surface area contributed by atoms with Gasteiger partial charge < -0.3 is 5.11 Å². The Kier molecular flexibility index (Phi) is 4.35. The average molecular weight is 447 g/mol. The van der Waals surface area contributed by atoms with Crippen LogP contribution in [0.3, 0.4) is 0 Å². The summed E-state index contributed by atoms with van der Waals surface area (Å²) in [6.45, 7) is 0. The van der Waals surface area contributed by atoms with Crippen LogP contribution in [0, 0.1) is 0 Å². The summed E-state index contributed by atoms with van der Waals surface area (Å²) >= 11 is 8.53. The molecule has 2 rings (SSSR count). The van der Waals surface area contributed by atoms with Crippen LogP contribution in [-0.2, 0) is 10.0 Å². The maximum atomic E-state index is 12.2. The van der Waals surface area contributed by atoms with Crippen LogP contribution in [0.1, 0.15) is 9.67 Å². The lowest BCUT2D eigenvalue weighted by Crippen LogP contribution is -2.14. The summed E-state index contributed by atoms with van der Waals surface area (Å²) in [7, 11) is -3.82. The fourth-order valence-corrected chi connectivity index (χ4v) is 6.90. The minimum absolute atomic E-state index is 0.0472. The van der Waals surface area contributed by atoms with Gasteiger partial charge in [0.2, 0.25) is 0 Å². The Bertz CT molecular complexity index is 734. The van der Waals surface area contributed by atoms with E-state index in [4.69, 9.17) is 5.11 Å². The van der Waals surface area contributed by atoms with Crippen molar-refractivity contribution in [3.63, 3.8) is 0 Å². The van der Waals surface area contributed by atoms with Crippen molar-refractivity contribution in [2.45, 2.75) is 4.90 Å². The van der Waals surface area contributed by atoms with Gasteiger partial charge in [0.25, 0.3) is 10.0 Å². The summed E-state index contributed by atoms with van der Waals surface area (Å²) < 4.78 is 27.7. The fourth-order valence-electron chi connectivity index (χ4n) is 1.26. The molecule has 0 amide bonds. The number of halogens is 2. The van der Waals surface area contributed by atoms with Crippen molar-refractivity contribution < 1.29 is 18.3 Å². The van der Waals surface area contributed by atoms with E-state index in [1.807, 2.05) is 0 Å². The Morgan fingerprint density at radius 2 is 2.05 bits per heavy atom. The SMILES string of the molecule is O=C(O)c1sccc1NS(=O)(=O)c1cc(Br)sc1Br. The zero-order valence-electron chi connectivity index (χ0n) is 8.88. The quantitative estimate of drug-likeness (QED) is 0.747. The molecule has 0 aromatic carbocycles. The number of nitrogens with one attached hydrogen (secondary N) is 1. The predicted molar refractivity (Wildman–Crippen MR) is 81.8 cm³/mol.